The van der Waals surface area contributed by atoms with Crippen LogP contribution in [0.15, 0.2) is 54.6 Å². The molecule has 0 unspecified atom stereocenters. The number of nitrogens with zero attached hydrogens (tertiary/aromatic N) is 3. The smallest absolute Gasteiger partial charge is 0.259 e. The highest BCUT2D eigenvalue weighted by atomic mass is 19.1. The minimum absolute atomic E-state index is 0.0332. The van der Waals surface area contributed by atoms with Gasteiger partial charge >= 0.3 is 0 Å². The molecular formula is C30H28F3N5O2. The van der Waals surface area contributed by atoms with Crippen LogP contribution in [0.1, 0.15) is 57.5 Å². The molecule has 4 aromatic rings. The van der Waals surface area contributed by atoms with E-state index >= 15 is 0 Å². The molecule has 3 heterocycles. The number of hydrogen-bond acceptors (Lipinski definition) is 4. The largest absolute Gasteiger partial charge is 0.323 e. The summed E-state index contributed by atoms with van der Waals surface area (Å²) in [5.41, 5.74) is 1.82. The maximum atomic E-state index is 14.8. The number of benzene rings is 3. The van der Waals surface area contributed by atoms with Crippen molar-refractivity contribution in [3.63, 3.8) is 0 Å². The van der Waals surface area contributed by atoms with Crippen LogP contribution in [0.25, 0.3) is 10.9 Å². The number of aromatic nitrogens is 2. The second-order valence-electron chi connectivity index (χ2n) is 10.4. The number of H-pyrrole nitrogens is 1. The van der Waals surface area contributed by atoms with E-state index in [9.17, 15) is 22.8 Å². The molecule has 0 radical (unpaired) electrons. The summed E-state index contributed by atoms with van der Waals surface area (Å²) in [6.07, 6.45) is 4.34. The Morgan fingerprint density at radius 3 is 2.45 bits per heavy atom. The molecule has 10 heteroatoms. The Hall–Kier alpha value is -4.18. The lowest BCUT2D eigenvalue weighted by molar-refractivity contribution is 0.0531. The Balaban J connectivity index is 1.22. The molecule has 2 amide bonds. The third kappa shape index (κ3) is 5.19. The molecule has 2 saturated heterocycles. The summed E-state index contributed by atoms with van der Waals surface area (Å²) in [6, 6.07) is 12.5. The van der Waals surface area contributed by atoms with E-state index in [0.717, 1.165) is 56.5 Å². The molecule has 2 fully saturated rings. The lowest BCUT2D eigenvalue weighted by Crippen LogP contribution is -2.46. The van der Waals surface area contributed by atoms with Crippen LogP contribution in [0.2, 0.25) is 0 Å². The van der Waals surface area contributed by atoms with Gasteiger partial charge in [0, 0.05) is 36.7 Å². The SMILES string of the molecule is O=C(Nc1n[nH]c2ccc(Cc3cc(F)cc(F)c3)cc12)c1cc(C(=O)N2CCC[C@H]2N2CCCC2)ccc1F. The van der Waals surface area contributed by atoms with Crippen LogP contribution in [0.5, 0.6) is 0 Å². The monoisotopic (exact) mass is 547 g/mol. The van der Waals surface area contributed by atoms with E-state index in [2.05, 4.69) is 20.4 Å². The van der Waals surface area contributed by atoms with Gasteiger partial charge in [0.1, 0.15) is 17.5 Å². The number of amides is 2. The van der Waals surface area contributed by atoms with Crippen molar-refractivity contribution in [1.82, 2.24) is 20.0 Å². The fourth-order valence-electron chi connectivity index (χ4n) is 5.79. The number of anilines is 1. The molecule has 7 nitrogen and oxygen atoms in total. The van der Waals surface area contributed by atoms with Gasteiger partial charge in [0.2, 0.25) is 0 Å². The fraction of sp³-hybridized carbons (Fsp3) is 0.300. The van der Waals surface area contributed by atoms with Gasteiger partial charge in [-0.15, -0.1) is 0 Å². The second-order valence-corrected chi connectivity index (χ2v) is 10.4. The average Bonchev–Trinajstić information content (AvgIpc) is 3.69. The second kappa shape index (κ2) is 10.8. The Labute approximate surface area is 229 Å². The Morgan fingerprint density at radius 2 is 1.68 bits per heavy atom. The first-order chi connectivity index (χ1) is 19.4. The number of nitrogens with one attached hydrogen (secondary N) is 2. The van der Waals surface area contributed by atoms with E-state index in [0.29, 0.717) is 23.0 Å². The van der Waals surface area contributed by atoms with Gasteiger partial charge in [-0.05, 0) is 85.7 Å². The standard InChI is InChI=1S/C30H28F3N5O2/c31-21-13-19(14-22(32)17-21)12-18-5-8-26-24(15-18)28(36-35-26)34-29(39)23-16-20(6-7-25(23)33)30(40)38-11-3-4-27(38)37-9-1-2-10-37/h5-8,13-17,27H,1-4,9-12H2,(H2,34,35,36,39)/t27-/m0/s1. The van der Waals surface area contributed by atoms with E-state index in [1.54, 1.807) is 18.2 Å². The van der Waals surface area contributed by atoms with Crippen molar-refractivity contribution in [2.45, 2.75) is 38.3 Å². The highest BCUT2D eigenvalue weighted by molar-refractivity contribution is 6.09. The van der Waals surface area contributed by atoms with Gasteiger partial charge in [0.15, 0.2) is 5.82 Å². The van der Waals surface area contributed by atoms with Crippen molar-refractivity contribution in [3.05, 3.63) is 94.3 Å². The molecule has 0 bridgehead atoms. The molecule has 1 aromatic heterocycles. The van der Waals surface area contributed by atoms with Gasteiger partial charge in [0.25, 0.3) is 11.8 Å². The summed E-state index contributed by atoms with van der Waals surface area (Å²) in [7, 11) is 0. The quantitative estimate of drug-likeness (QED) is 0.335. The first-order valence-corrected chi connectivity index (χ1v) is 13.4. The topological polar surface area (TPSA) is 81.3 Å². The van der Waals surface area contributed by atoms with Crippen molar-refractivity contribution in [3.8, 4) is 0 Å². The number of likely N-dealkylation sites (tertiary alicyclic amines) is 2. The molecule has 2 N–H and O–H groups in total. The lowest BCUT2D eigenvalue weighted by Gasteiger charge is -2.32. The fourth-order valence-corrected chi connectivity index (χ4v) is 5.79. The molecule has 206 valence electrons. The number of fused-ring (bicyclic) bond motifs is 1. The molecule has 2 aliphatic rings. The highest BCUT2D eigenvalue weighted by Gasteiger charge is 2.35. The summed E-state index contributed by atoms with van der Waals surface area (Å²) in [4.78, 5) is 30.7. The van der Waals surface area contributed by atoms with Crippen LogP contribution < -0.4 is 5.32 Å². The number of hydrogen-bond donors (Lipinski definition) is 2. The zero-order chi connectivity index (χ0) is 27.8. The predicted octanol–water partition coefficient (Wildman–Crippen LogP) is 5.48. The minimum atomic E-state index is -0.750. The molecule has 0 spiro atoms. The lowest BCUT2D eigenvalue weighted by atomic mass is 10.0. The summed E-state index contributed by atoms with van der Waals surface area (Å²) >= 11 is 0. The van der Waals surface area contributed by atoms with Gasteiger partial charge in [-0.1, -0.05) is 6.07 Å². The summed E-state index contributed by atoms with van der Waals surface area (Å²) < 4.78 is 42.1. The normalized spacial score (nSPS) is 17.6. The zero-order valence-electron chi connectivity index (χ0n) is 21.7. The molecule has 2 aliphatic heterocycles. The first kappa shape index (κ1) is 26.1. The van der Waals surface area contributed by atoms with Crippen molar-refractivity contribution in [2.75, 3.05) is 25.0 Å². The van der Waals surface area contributed by atoms with Crippen molar-refractivity contribution < 1.29 is 22.8 Å². The molecule has 1 atom stereocenters. The van der Waals surface area contributed by atoms with Crippen molar-refractivity contribution in [2.24, 2.45) is 0 Å². The van der Waals surface area contributed by atoms with Crippen LogP contribution in [0.3, 0.4) is 0 Å². The van der Waals surface area contributed by atoms with Gasteiger partial charge < -0.3 is 10.2 Å². The zero-order valence-corrected chi connectivity index (χ0v) is 21.7. The van der Waals surface area contributed by atoms with Crippen molar-refractivity contribution in [1.29, 1.82) is 0 Å². The van der Waals surface area contributed by atoms with Gasteiger partial charge in [-0.25, -0.2) is 13.2 Å². The summed E-state index contributed by atoms with van der Waals surface area (Å²) in [5, 5.41) is 10.2. The third-order valence-electron chi connectivity index (χ3n) is 7.69. The Morgan fingerprint density at radius 1 is 0.900 bits per heavy atom. The summed E-state index contributed by atoms with van der Waals surface area (Å²) in [5.74, 6) is -2.85. The van der Waals surface area contributed by atoms with Crippen LogP contribution >= 0.6 is 0 Å². The van der Waals surface area contributed by atoms with Gasteiger partial charge in [0.05, 0.1) is 17.2 Å². The van der Waals surface area contributed by atoms with E-state index in [4.69, 9.17) is 0 Å². The van der Waals surface area contributed by atoms with Crippen molar-refractivity contribution >= 4 is 28.5 Å². The van der Waals surface area contributed by atoms with Crippen LogP contribution in [-0.2, 0) is 6.42 Å². The highest BCUT2D eigenvalue weighted by Crippen LogP contribution is 2.28. The number of halogens is 3. The van der Waals surface area contributed by atoms with Crippen LogP contribution in [0.4, 0.5) is 19.0 Å². The Kier molecular flexibility index (Phi) is 7.02. The van der Waals surface area contributed by atoms with Gasteiger partial charge in [-0.2, -0.15) is 5.10 Å². The number of carbonyl (C=O) groups is 2. The van der Waals surface area contributed by atoms with Crippen LogP contribution in [0, 0.1) is 17.5 Å². The third-order valence-corrected chi connectivity index (χ3v) is 7.69. The average molecular weight is 548 g/mol. The maximum Gasteiger partial charge on any atom is 0.259 e. The minimum Gasteiger partial charge on any atom is -0.323 e. The first-order valence-electron chi connectivity index (χ1n) is 13.4. The van der Waals surface area contributed by atoms with E-state index in [1.165, 1.54) is 24.3 Å². The van der Waals surface area contributed by atoms with Crippen LogP contribution in [-0.4, -0.2) is 57.6 Å². The molecule has 40 heavy (non-hydrogen) atoms. The maximum absolute atomic E-state index is 14.8. The predicted molar refractivity (Wildman–Crippen MR) is 144 cm³/mol. The molecule has 3 aromatic carbocycles. The number of aromatic amines is 1. The number of carbonyl (C=O) groups excluding carboxylic acids is 2. The van der Waals surface area contributed by atoms with E-state index < -0.39 is 23.4 Å². The van der Waals surface area contributed by atoms with Gasteiger partial charge in [-0.3, -0.25) is 19.6 Å². The molecule has 0 aliphatic carbocycles. The molecule has 6 rings (SSSR count). The molecule has 0 saturated carbocycles. The molecular weight excluding hydrogens is 519 g/mol. The Bertz CT molecular complexity index is 1580. The number of rotatable bonds is 6. The summed E-state index contributed by atoms with van der Waals surface area (Å²) in [6.45, 7) is 2.55. The van der Waals surface area contributed by atoms with E-state index in [-0.39, 0.29) is 35.4 Å². The van der Waals surface area contributed by atoms with E-state index in [1.807, 2.05) is 4.90 Å².